The number of carbonyl (C=O) groups excluding carboxylic acids is 1. The monoisotopic (exact) mass is 536 g/mol. The highest BCUT2D eigenvalue weighted by Gasteiger charge is 2.26. The molecular formula is C25H37IN4O. The van der Waals surface area contributed by atoms with Crippen molar-refractivity contribution in [1.29, 1.82) is 0 Å². The van der Waals surface area contributed by atoms with Gasteiger partial charge in [-0.15, -0.1) is 24.0 Å². The maximum atomic E-state index is 12.6. The third kappa shape index (κ3) is 6.82. The second-order valence-corrected chi connectivity index (χ2v) is 8.09. The maximum Gasteiger partial charge on any atom is 0.225 e. The number of guanidine groups is 1. The van der Waals surface area contributed by atoms with E-state index < -0.39 is 0 Å². The Hall–Kier alpha value is -1.83. The molecule has 0 aromatic heterocycles. The number of likely N-dealkylation sites (tertiary alicyclic amines) is 1. The van der Waals surface area contributed by atoms with Crippen molar-refractivity contribution in [3.8, 4) is 0 Å². The molecule has 2 N–H and O–H groups in total. The van der Waals surface area contributed by atoms with E-state index in [9.17, 15) is 4.79 Å². The second-order valence-electron chi connectivity index (χ2n) is 8.09. The molecule has 6 heteroatoms. The van der Waals surface area contributed by atoms with E-state index in [1.807, 2.05) is 0 Å². The van der Waals surface area contributed by atoms with E-state index in [1.54, 1.807) is 0 Å². The van der Waals surface area contributed by atoms with Gasteiger partial charge in [0.05, 0.1) is 6.54 Å². The lowest BCUT2D eigenvalue weighted by Gasteiger charge is -2.34. The Kier molecular flexibility index (Phi) is 10.6. The summed E-state index contributed by atoms with van der Waals surface area (Å²) >= 11 is 0. The molecule has 0 bridgehead atoms. The topological polar surface area (TPSA) is 56.7 Å². The van der Waals surface area contributed by atoms with Gasteiger partial charge in [-0.1, -0.05) is 56.3 Å². The Balaban J connectivity index is 0.00000341. The maximum absolute atomic E-state index is 12.6. The van der Waals surface area contributed by atoms with Crippen LogP contribution in [0.25, 0.3) is 10.8 Å². The molecule has 1 fully saturated rings. The van der Waals surface area contributed by atoms with Gasteiger partial charge in [-0.05, 0) is 48.9 Å². The molecule has 0 atom stereocenters. The van der Waals surface area contributed by atoms with Crippen molar-refractivity contribution in [3.05, 3.63) is 48.0 Å². The van der Waals surface area contributed by atoms with Gasteiger partial charge in [-0.2, -0.15) is 0 Å². The molecule has 0 aliphatic carbocycles. The number of rotatable bonds is 7. The first kappa shape index (κ1) is 25.4. The lowest BCUT2D eigenvalue weighted by Crippen LogP contribution is -2.50. The second kappa shape index (κ2) is 12.9. The number of piperidine rings is 1. The molecule has 1 amide bonds. The third-order valence-electron chi connectivity index (χ3n) is 6.11. The third-order valence-corrected chi connectivity index (χ3v) is 6.11. The Morgan fingerprint density at radius 1 is 1.06 bits per heavy atom. The number of nitrogens with zero attached hydrogens (tertiary/aromatic N) is 2. The van der Waals surface area contributed by atoms with E-state index in [0.29, 0.717) is 18.5 Å². The van der Waals surface area contributed by atoms with E-state index in [1.165, 1.54) is 16.3 Å². The number of benzene rings is 2. The van der Waals surface area contributed by atoms with Crippen molar-refractivity contribution < 1.29 is 4.79 Å². The number of fused-ring (bicyclic) bond motifs is 1. The predicted molar refractivity (Wildman–Crippen MR) is 141 cm³/mol. The number of amides is 1. The van der Waals surface area contributed by atoms with Crippen LogP contribution in [0.4, 0.5) is 0 Å². The van der Waals surface area contributed by atoms with Gasteiger partial charge in [0, 0.05) is 31.6 Å². The van der Waals surface area contributed by atoms with Crippen molar-refractivity contribution in [2.45, 2.75) is 59.0 Å². The standard InChI is InChI=1S/C25H36N4O.HI/c1-4-19(5-2)24(30)29-16-14-22(15-17-29)28-25(26-6-3)27-18-21-12-9-11-20-10-7-8-13-23(20)21;/h7-13,19,22H,4-6,14-18H2,1-3H3,(H2,26,27,28);1H. The Labute approximate surface area is 204 Å². The van der Waals surface area contributed by atoms with Crippen LogP contribution >= 0.6 is 24.0 Å². The smallest absolute Gasteiger partial charge is 0.225 e. The van der Waals surface area contributed by atoms with E-state index in [4.69, 9.17) is 4.99 Å². The molecule has 31 heavy (non-hydrogen) atoms. The van der Waals surface area contributed by atoms with E-state index in [-0.39, 0.29) is 29.9 Å². The molecule has 2 aromatic carbocycles. The summed E-state index contributed by atoms with van der Waals surface area (Å²) in [6.07, 6.45) is 3.78. The number of halogens is 1. The summed E-state index contributed by atoms with van der Waals surface area (Å²) in [5.74, 6) is 1.36. The molecule has 1 aliphatic rings. The summed E-state index contributed by atoms with van der Waals surface area (Å²) in [5.41, 5.74) is 1.23. The first-order valence-electron chi connectivity index (χ1n) is 11.5. The van der Waals surface area contributed by atoms with Gasteiger partial charge >= 0.3 is 0 Å². The largest absolute Gasteiger partial charge is 0.357 e. The zero-order valence-corrected chi connectivity index (χ0v) is 21.4. The minimum Gasteiger partial charge on any atom is -0.357 e. The minimum atomic E-state index is 0. The lowest BCUT2D eigenvalue weighted by molar-refractivity contribution is -0.136. The summed E-state index contributed by atoms with van der Waals surface area (Å²) < 4.78 is 0. The molecule has 3 rings (SSSR count). The molecule has 1 aliphatic heterocycles. The molecule has 0 unspecified atom stereocenters. The number of aliphatic imine (C=N–C) groups is 1. The summed E-state index contributed by atoms with van der Waals surface area (Å²) in [6, 6.07) is 15.2. The predicted octanol–water partition coefficient (Wildman–Crippen LogP) is 4.94. The van der Waals surface area contributed by atoms with Gasteiger partial charge in [0.1, 0.15) is 0 Å². The van der Waals surface area contributed by atoms with Gasteiger partial charge < -0.3 is 15.5 Å². The summed E-state index contributed by atoms with van der Waals surface area (Å²) in [7, 11) is 0. The van der Waals surface area contributed by atoms with Crippen LogP contribution in [0.15, 0.2) is 47.5 Å². The van der Waals surface area contributed by atoms with Crippen LogP contribution in [-0.2, 0) is 11.3 Å². The first-order valence-corrected chi connectivity index (χ1v) is 11.5. The average molecular weight is 537 g/mol. The van der Waals surface area contributed by atoms with E-state index in [2.05, 4.69) is 78.8 Å². The molecule has 0 radical (unpaired) electrons. The highest BCUT2D eigenvalue weighted by atomic mass is 127. The van der Waals surface area contributed by atoms with Gasteiger partial charge in [0.15, 0.2) is 5.96 Å². The van der Waals surface area contributed by atoms with Crippen LogP contribution in [0.1, 0.15) is 52.0 Å². The Bertz CT molecular complexity index is 852. The summed E-state index contributed by atoms with van der Waals surface area (Å²) in [4.78, 5) is 19.5. The number of hydrogen-bond donors (Lipinski definition) is 2. The van der Waals surface area contributed by atoms with Gasteiger partial charge in [-0.3, -0.25) is 4.79 Å². The van der Waals surface area contributed by atoms with Crippen LogP contribution in [-0.4, -0.2) is 42.4 Å². The number of hydrogen-bond acceptors (Lipinski definition) is 2. The highest BCUT2D eigenvalue weighted by molar-refractivity contribution is 14.0. The quantitative estimate of drug-likeness (QED) is 0.300. The minimum absolute atomic E-state index is 0. The number of nitrogens with one attached hydrogen (secondary N) is 2. The molecule has 0 spiro atoms. The fraction of sp³-hybridized carbons (Fsp3) is 0.520. The van der Waals surface area contributed by atoms with Crippen molar-refractivity contribution in [3.63, 3.8) is 0 Å². The number of carbonyl (C=O) groups is 1. The van der Waals surface area contributed by atoms with Crippen molar-refractivity contribution in [2.75, 3.05) is 19.6 Å². The molecule has 170 valence electrons. The van der Waals surface area contributed by atoms with Crippen LogP contribution in [0, 0.1) is 5.92 Å². The van der Waals surface area contributed by atoms with Crippen LogP contribution in [0.3, 0.4) is 0 Å². The fourth-order valence-electron chi connectivity index (χ4n) is 4.25. The van der Waals surface area contributed by atoms with E-state index >= 15 is 0 Å². The normalized spacial score (nSPS) is 15.1. The fourth-order valence-corrected chi connectivity index (χ4v) is 4.25. The molecular weight excluding hydrogens is 499 g/mol. The zero-order valence-electron chi connectivity index (χ0n) is 19.1. The lowest BCUT2D eigenvalue weighted by atomic mass is 9.98. The zero-order chi connectivity index (χ0) is 21.3. The molecule has 2 aromatic rings. The molecule has 0 saturated carbocycles. The molecule has 1 saturated heterocycles. The van der Waals surface area contributed by atoms with Gasteiger partial charge in [-0.25, -0.2) is 4.99 Å². The van der Waals surface area contributed by atoms with Crippen molar-refractivity contribution >= 4 is 46.6 Å². The van der Waals surface area contributed by atoms with Gasteiger partial charge in [0.25, 0.3) is 0 Å². The summed E-state index contributed by atoms with van der Waals surface area (Å²) in [5, 5.41) is 9.47. The SMILES string of the molecule is CCNC(=NCc1cccc2ccccc12)NC1CCN(C(=O)C(CC)CC)CC1.I. The van der Waals surface area contributed by atoms with Gasteiger partial charge in [0.2, 0.25) is 5.91 Å². The molecule has 5 nitrogen and oxygen atoms in total. The Morgan fingerprint density at radius 3 is 2.42 bits per heavy atom. The first-order chi connectivity index (χ1) is 14.7. The van der Waals surface area contributed by atoms with Crippen LogP contribution < -0.4 is 10.6 Å². The van der Waals surface area contributed by atoms with Crippen LogP contribution in [0.5, 0.6) is 0 Å². The van der Waals surface area contributed by atoms with Crippen molar-refractivity contribution in [1.82, 2.24) is 15.5 Å². The van der Waals surface area contributed by atoms with Crippen molar-refractivity contribution in [2.24, 2.45) is 10.9 Å². The Morgan fingerprint density at radius 2 is 1.74 bits per heavy atom. The summed E-state index contributed by atoms with van der Waals surface area (Å²) in [6.45, 7) is 9.43. The highest BCUT2D eigenvalue weighted by Crippen LogP contribution is 2.20. The molecule has 1 heterocycles. The van der Waals surface area contributed by atoms with Crippen LogP contribution in [0.2, 0.25) is 0 Å². The average Bonchev–Trinajstić information content (AvgIpc) is 2.79. The van der Waals surface area contributed by atoms with E-state index in [0.717, 1.165) is 51.3 Å².